The molecule has 0 fully saturated rings. The Morgan fingerprint density at radius 2 is 1.48 bits per heavy atom. The minimum Gasteiger partial charge on any atom is -0.465 e. The fourth-order valence-electron chi connectivity index (χ4n) is 2.97. The van der Waals surface area contributed by atoms with Crippen LogP contribution in [-0.4, -0.2) is 18.5 Å². The molecule has 3 aromatic rings. The number of halogens is 1. The Hall–Kier alpha value is -2.40. The molecule has 0 aliphatic rings. The van der Waals surface area contributed by atoms with Gasteiger partial charge >= 0.3 is 11.9 Å². The monoisotopic (exact) mass is 400 g/mol. The Morgan fingerprint density at radius 1 is 0.960 bits per heavy atom. The molecule has 128 valence electrons. The van der Waals surface area contributed by atoms with Crippen molar-refractivity contribution in [3.05, 3.63) is 54.1 Å². The zero-order chi connectivity index (χ0) is 18.0. The SMILES string of the molecule is CCOC(=O)C(Br)c1c(OC(C)=O)c2ccccc2c2ccccc12. The molecule has 5 heteroatoms. The Balaban J connectivity index is 2.41. The van der Waals surface area contributed by atoms with Crippen LogP contribution in [0.5, 0.6) is 5.75 Å². The summed E-state index contributed by atoms with van der Waals surface area (Å²) in [6.07, 6.45) is 0. The number of esters is 2. The molecule has 0 heterocycles. The first kappa shape index (κ1) is 17.4. The van der Waals surface area contributed by atoms with Gasteiger partial charge in [0.15, 0.2) is 0 Å². The van der Waals surface area contributed by atoms with E-state index in [1.54, 1.807) is 6.92 Å². The number of fused-ring (bicyclic) bond motifs is 3. The third-order valence-corrected chi connectivity index (χ3v) is 4.75. The molecule has 0 aliphatic carbocycles. The van der Waals surface area contributed by atoms with E-state index in [1.165, 1.54) is 6.92 Å². The lowest BCUT2D eigenvalue weighted by atomic mass is 9.94. The number of carbonyl (C=O) groups excluding carboxylic acids is 2. The van der Waals surface area contributed by atoms with Gasteiger partial charge in [-0.25, -0.2) is 0 Å². The standard InChI is InChI=1S/C20H17BrO4/c1-3-24-20(23)18(21)17-15-10-6-4-8-13(15)14-9-5-7-11-16(14)19(17)25-12(2)22/h4-11,18H,3H2,1-2H3. The van der Waals surface area contributed by atoms with Crippen LogP contribution in [0.15, 0.2) is 48.5 Å². The summed E-state index contributed by atoms with van der Waals surface area (Å²) < 4.78 is 10.7. The highest BCUT2D eigenvalue weighted by molar-refractivity contribution is 9.09. The largest absolute Gasteiger partial charge is 0.465 e. The fourth-order valence-corrected chi connectivity index (χ4v) is 3.56. The summed E-state index contributed by atoms with van der Waals surface area (Å²) in [7, 11) is 0. The zero-order valence-corrected chi connectivity index (χ0v) is 15.5. The molecule has 0 radical (unpaired) electrons. The summed E-state index contributed by atoms with van der Waals surface area (Å²) >= 11 is 3.43. The second-order valence-corrected chi connectivity index (χ2v) is 6.46. The number of rotatable bonds is 4. The van der Waals surface area contributed by atoms with Crippen molar-refractivity contribution in [1.29, 1.82) is 0 Å². The van der Waals surface area contributed by atoms with Crippen molar-refractivity contribution >= 4 is 49.4 Å². The van der Waals surface area contributed by atoms with Gasteiger partial charge in [-0.2, -0.15) is 0 Å². The van der Waals surface area contributed by atoms with E-state index in [-0.39, 0.29) is 6.61 Å². The minimum absolute atomic E-state index is 0.273. The van der Waals surface area contributed by atoms with Gasteiger partial charge in [-0.15, -0.1) is 0 Å². The lowest BCUT2D eigenvalue weighted by Gasteiger charge is -2.19. The first-order valence-electron chi connectivity index (χ1n) is 7.97. The smallest absolute Gasteiger partial charge is 0.324 e. The molecule has 0 amide bonds. The summed E-state index contributed by atoms with van der Waals surface area (Å²) in [6, 6.07) is 15.4. The van der Waals surface area contributed by atoms with Crippen molar-refractivity contribution in [2.24, 2.45) is 0 Å². The van der Waals surface area contributed by atoms with Crippen LogP contribution in [0, 0.1) is 0 Å². The van der Waals surface area contributed by atoms with Gasteiger partial charge in [-0.05, 0) is 23.1 Å². The summed E-state index contributed by atoms with van der Waals surface area (Å²) in [4.78, 5) is 23.3. The number of hydrogen-bond acceptors (Lipinski definition) is 4. The van der Waals surface area contributed by atoms with Crippen molar-refractivity contribution in [2.45, 2.75) is 18.7 Å². The number of carbonyl (C=O) groups is 2. The van der Waals surface area contributed by atoms with Gasteiger partial charge in [-0.3, -0.25) is 9.59 Å². The van der Waals surface area contributed by atoms with Crippen LogP contribution < -0.4 is 4.74 Å². The van der Waals surface area contributed by atoms with Gasteiger partial charge in [0, 0.05) is 17.9 Å². The maximum Gasteiger partial charge on any atom is 0.324 e. The van der Waals surface area contributed by atoms with E-state index in [0.717, 1.165) is 21.5 Å². The van der Waals surface area contributed by atoms with Crippen molar-refractivity contribution in [2.75, 3.05) is 6.61 Å². The van der Waals surface area contributed by atoms with Crippen molar-refractivity contribution in [1.82, 2.24) is 0 Å². The van der Waals surface area contributed by atoms with Gasteiger partial charge in [0.25, 0.3) is 0 Å². The molecule has 25 heavy (non-hydrogen) atoms. The third kappa shape index (κ3) is 3.24. The van der Waals surface area contributed by atoms with E-state index in [4.69, 9.17) is 9.47 Å². The summed E-state index contributed by atoms with van der Waals surface area (Å²) in [5, 5.41) is 3.56. The Bertz CT molecular complexity index is 964. The maximum absolute atomic E-state index is 12.4. The molecule has 1 unspecified atom stereocenters. The number of hydrogen-bond donors (Lipinski definition) is 0. The number of benzene rings is 3. The van der Waals surface area contributed by atoms with Crippen LogP contribution in [0.25, 0.3) is 21.5 Å². The van der Waals surface area contributed by atoms with Crippen LogP contribution >= 0.6 is 15.9 Å². The molecule has 4 nitrogen and oxygen atoms in total. The molecule has 0 aromatic heterocycles. The summed E-state index contributed by atoms with van der Waals surface area (Å²) in [5.74, 6) is -0.474. The van der Waals surface area contributed by atoms with Crippen LogP contribution in [-0.2, 0) is 14.3 Å². The van der Waals surface area contributed by atoms with E-state index in [0.29, 0.717) is 11.3 Å². The average molecular weight is 401 g/mol. The van der Waals surface area contributed by atoms with E-state index < -0.39 is 16.8 Å². The predicted molar refractivity (Wildman–Crippen MR) is 101 cm³/mol. The van der Waals surface area contributed by atoms with E-state index in [9.17, 15) is 9.59 Å². The molecule has 3 rings (SSSR count). The molecular formula is C20H17BrO4. The van der Waals surface area contributed by atoms with E-state index >= 15 is 0 Å². The second kappa shape index (κ2) is 7.23. The Labute approximate surface area is 153 Å². The van der Waals surface area contributed by atoms with Gasteiger partial charge in [0.2, 0.25) is 0 Å². The molecule has 3 aromatic carbocycles. The zero-order valence-electron chi connectivity index (χ0n) is 13.9. The third-order valence-electron chi connectivity index (χ3n) is 3.92. The molecule has 0 aliphatic heterocycles. The van der Waals surface area contributed by atoms with Crippen LogP contribution in [0.2, 0.25) is 0 Å². The number of alkyl halides is 1. The quantitative estimate of drug-likeness (QED) is 0.270. The first-order chi connectivity index (χ1) is 12.0. The molecule has 0 saturated carbocycles. The number of ether oxygens (including phenoxy) is 2. The summed E-state index contributed by atoms with van der Waals surface area (Å²) in [6.45, 7) is 3.37. The molecule has 1 atom stereocenters. The van der Waals surface area contributed by atoms with Crippen molar-refractivity contribution in [3.63, 3.8) is 0 Å². The molecule has 0 bridgehead atoms. The molecule has 0 N–H and O–H groups in total. The average Bonchev–Trinajstić information content (AvgIpc) is 2.61. The normalized spacial score (nSPS) is 12.1. The second-order valence-electron chi connectivity index (χ2n) is 5.54. The van der Waals surface area contributed by atoms with Gasteiger partial charge < -0.3 is 9.47 Å². The topological polar surface area (TPSA) is 52.6 Å². The molecule has 0 spiro atoms. The van der Waals surface area contributed by atoms with Crippen LogP contribution in [0.1, 0.15) is 24.2 Å². The highest BCUT2D eigenvalue weighted by atomic mass is 79.9. The van der Waals surface area contributed by atoms with Crippen molar-refractivity contribution in [3.8, 4) is 5.75 Å². The maximum atomic E-state index is 12.4. The molecular weight excluding hydrogens is 384 g/mol. The summed E-state index contributed by atoms with van der Waals surface area (Å²) in [5.41, 5.74) is 0.600. The molecule has 0 saturated heterocycles. The Morgan fingerprint density at radius 3 is 2.04 bits per heavy atom. The van der Waals surface area contributed by atoms with Gasteiger partial charge in [0.05, 0.1) is 6.61 Å². The minimum atomic E-state index is -0.740. The Kier molecular flexibility index (Phi) is 5.04. The van der Waals surface area contributed by atoms with Crippen molar-refractivity contribution < 1.29 is 19.1 Å². The van der Waals surface area contributed by atoms with Gasteiger partial charge in [0.1, 0.15) is 10.6 Å². The van der Waals surface area contributed by atoms with Crippen LogP contribution in [0.4, 0.5) is 0 Å². The van der Waals surface area contributed by atoms with E-state index in [1.807, 2.05) is 48.5 Å². The highest BCUT2D eigenvalue weighted by Crippen LogP contribution is 2.44. The lowest BCUT2D eigenvalue weighted by molar-refractivity contribution is -0.142. The lowest BCUT2D eigenvalue weighted by Crippen LogP contribution is -2.14. The highest BCUT2D eigenvalue weighted by Gasteiger charge is 2.27. The predicted octanol–water partition coefficient (Wildman–Crippen LogP) is 4.92. The fraction of sp³-hybridized carbons (Fsp3) is 0.200. The first-order valence-corrected chi connectivity index (χ1v) is 8.88. The van der Waals surface area contributed by atoms with Gasteiger partial charge in [-0.1, -0.05) is 64.5 Å². The van der Waals surface area contributed by atoms with E-state index in [2.05, 4.69) is 15.9 Å². The van der Waals surface area contributed by atoms with Crippen LogP contribution in [0.3, 0.4) is 0 Å².